The Morgan fingerprint density at radius 3 is 3.26 bits per heavy atom. The molecular weight excluding hydrogens is 244 g/mol. The highest BCUT2D eigenvalue weighted by molar-refractivity contribution is 5.81. The van der Waals surface area contributed by atoms with Gasteiger partial charge in [-0.05, 0) is 13.3 Å². The van der Waals surface area contributed by atoms with Gasteiger partial charge >= 0.3 is 5.97 Å². The number of carbonyl (C=O) groups is 1. The van der Waals surface area contributed by atoms with Gasteiger partial charge in [0.05, 0.1) is 30.3 Å². The highest BCUT2D eigenvalue weighted by Crippen LogP contribution is 2.22. The van der Waals surface area contributed by atoms with Gasteiger partial charge in [-0.1, -0.05) is 18.2 Å². The lowest BCUT2D eigenvalue weighted by atomic mass is 10.1. The van der Waals surface area contributed by atoms with Crippen molar-refractivity contribution in [3.8, 4) is 0 Å². The SMILES string of the molecule is CC1CC(C(=O)OCc2cccc3cn[nH]c23)CO1. The summed E-state index contributed by atoms with van der Waals surface area (Å²) in [7, 11) is 0. The second-order valence-electron chi connectivity index (χ2n) is 4.94. The number of para-hydroxylation sites is 1. The lowest BCUT2D eigenvalue weighted by Gasteiger charge is -2.09. The molecular formula is C14H16N2O3. The van der Waals surface area contributed by atoms with Crippen LogP contribution >= 0.6 is 0 Å². The van der Waals surface area contributed by atoms with Crippen LogP contribution in [-0.2, 0) is 20.9 Å². The number of fused-ring (bicyclic) bond motifs is 1. The number of nitrogens with zero attached hydrogens (tertiary/aromatic N) is 1. The Morgan fingerprint density at radius 1 is 1.58 bits per heavy atom. The maximum atomic E-state index is 11.9. The standard InChI is InChI=1S/C14H16N2O3/c1-9-5-12(8-18-9)14(17)19-7-11-4-2-3-10-6-15-16-13(10)11/h2-4,6,9,12H,5,7-8H2,1H3,(H,15,16). The summed E-state index contributed by atoms with van der Waals surface area (Å²) in [5.74, 6) is -0.308. The fraction of sp³-hybridized carbons (Fsp3) is 0.429. The summed E-state index contributed by atoms with van der Waals surface area (Å²) >= 11 is 0. The van der Waals surface area contributed by atoms with Crippen molar-refractivity contribution >= 4 is 16.9 Å². The molecule has 1 aromatic heterocycles. The van der Waals surface area contributed by atoms with Crippen molar-refractivity contribution in [1.82, 2.24) is 10.2 Å². The molecule has 2 unspecified atom stereocenters. The number of esters is 1. The molecule has 1 N–H and O–H groups in total. The highest BCUT2D eigenvalue weighted by atomic mass is 16.5. The van der Waals surface area contributed by atoms with E-state index in [0.29, 0.717) is 6.61 Å². The predicted octanol–water partition coefficient (Wildman–Crippen LogP) is 2.03. The molecule has 2 aromatic rings. The molecule has 19 heavy (non-hydrogen) atoms. The van der Waals surface area contributed by atoms with Gasteiger partial charge in [-0.25, -0.2) is 0 Å². The number of aromatic nitrogens is 2. The van der Waals surface area contributed by atoms with Crippen molar-refractivity contribution in [2.75, 3.05) is 6.61 Å². The van der Waals surface area contributed by atoms with E-state index in [0.717, 1.165) is 22.9 Å². The zero-order valence-electron chi connectivity index (χ0n) is 10.8. The molecule has 0 radical (unpaired) electrons. The third kappa shape index (κ3) is 2.46. The molecule has 0 amide bonds. The van der Waals surface area contributed by atoms with E-state index in [1.54, 1.807) is 6.20 Å². The van der Waals surface area contributed by atoms with E-state index in [1.165, 1.54) is 0 Å². The van der Waals surface area contributed by atoms with E-state index >= 15 is 0 Å². The zero-order valence-corrected chi connectivity index (χ0v) is 10.8. The summed E-state index contributed by atoms with van der Waals surface area (Å²) in [6.07, 6.45) is 2.65. The number of rotatable bonds is 3. The number of aromatic amines is 1. The minimum Gasteiger partial charge on any atom is -0.460 e. The maximum Gasteiger partial charge on any atom is 0.311 e. The van der Waals surface area contributed by atoms with Crippen LogP contribution in [0.25, 0.3) is 10.9 Å². The van der Waals surface area contributed by atoms with Crippen LogP contribution in [0.2, 0.25) is 0 Å². The quantitative estimate of drug-likeness (QED) is 0.858. The van der Waals surface area contributed by atoms with E-state index in [4.69, 9.17) is 9.47 Å². The van der Waals surface area contributed by atoms with Gasteiger partial charge in [0.1, 0.15) is 6.61 Å². The first-order valence-corrected chi connectivity index (χ1v) is 6.43. The number of hydrogen-bond donors (Lipinski definition) is 1. The molecule has 1 saturated heterocycles. The lowest BCUT2D eigenvalue weighted by Crippen LogP contribution is -2.17. The van der Waals surface area contributed by atoms with Crippen molar-refractivity contribution in [3.05, 3.63) is 30.0 Å². The Balaban J connectivity index is 1.66. The molecule has 0 saturated carbocycles. The first kappa shape index (κ1) is 12.2. The summed E-state index contributed by atoms with van der Waals surface area (Å²) in [6.45, 7) is 2.70. The Hall–Kier alpha value is -1.88. The minimum atomic E-state index is -0.180. The molecule has 0 aliphatic carbocycles. The smallest absolute Gasteiger partial charge is 0.311 e. The largest absolute Gasteiger partial charge is 0.460 e. The molecule has 0 bridgehead atoms. The number of carbonyl (C=O) groups excluding carboxylic acids is 1. The molecule has 2 heterocycles. The van der Waals surface area contributed by atoms with Crippen molar-refractivity contribution in [1.29, 1.82) is 0 Å². The molecule has 1 aliphatic rings. The maximum absolute atomic E-state index is 11.9. The second kappa shape index (κ2) is 5.01. The average Bonchev–Trinajstić information content (AvgIpc) is 3.04. The average molecular weight is 260 g/mol. The minimum absolute atomic E-state index is 0.129. The van der Waals surface area contributed by atoms with Crippen LogP contribution < -0.4 is 0 Å². The summed E-state index contributed by atoms with van der Waals surface area (Å²) in [5.41, 5.74) is 1.86. The van der Waals surface area contributed by atoms with Gasteiger partial charge in [-0.3, -0.25) is 9.89 Å². The van der Waals surface area contributed by atoms with Gasteiger partial charge in [-0.15, -0.1) is 0 Å². The van der Waals surface area contributed by atoms with Crippen LogP contribution in [0.15, 0.2) is 24.4 Å². The topological polar surface area (TPSA) is 64.2 Å². The van der Waals surface area contributed by atoms with E-state index in [1.807, 2.05) is 25.1 Å². The summed E-state index contributed by atoms with van der Waals surface area (Å²) in [6, 6.07) is 5.83. The van der Waals surface area contributed by atoms with Gasteiger partial charge < -0.3 is 9.47 Å². The molecule has 0 spiro atoms. The Kier molecular flexibility index (Phi) is 3.21. The predicted molar refractivity (Wildman–Crippen MR) is 69.4 cm³/mol. The second-order valence-corrected chi connectivity index (χ2v) is 4.94. The Bertz CT molecular complexity index is 593. The lowest BCUT2D eigenvalue weighted by molar-refractivity contribution is -0.149. The van der Waals surface area contributed by atoms with Gasteiger partial charge in [0.15, 0.2) is 0 Å². The van der Waals surface area contributed by atoms with E-state index in [-0.39, 0.29) is 24.6 Å². The number of H-pyrrole nitrogens is 1. The molecule has 5 nitrogen and oxygen atoms in total. The van der Waals surface area contributed by atoms with Crippen LogP contribution in [0.1, 0.15) is 18.9 Å². The van der Waals surface area contributed by atoms with Gasteiger partial charge in [-0.2, -0.15) is 5.10 Å². The monoisotopic (exact) mass is 260 g/mol. The van der Waals surface area contributed by atoms with Gasteiger partial charge in [0.25, 0.3) is 0 Å². The molecule has 1 fully saturated rings. The molecule has 1 aromatic carbocycles. The summed E-state index contributed by atoms with van der Waals surface area (Å²) in [5, 5.41) is 7.93. The van der Waals surface area contributed by atoms with Crippen LogP contribution in [0.5, 0.6) is 0 Å². The van der Waals surface area contributed by atoms with Crippen molar-refractivity contribution in [2.45, 2.75) is 26.1 Å². The molecule has 3 rings (SSSR count). The van der Waals surface area contributed by atoms with Crippen molar-refractivity contribution < 1.29 is 14.3 Å². The van der Waals surface area contributed by atoms with E-state index in [2.05, 4.69) is 10.2 Å². The van der Waals surface area contributed by atoms with E-state index < -0.39 is 0 Å². The molecule has 100 valence electrons. The summed E-state index contributed by atoms with van der Waals surface area (Å²) in [4.78, 5) is 11.9. The van der Waals surface area contributed by atoms with E-state index in [9.17, 15) is 4.79 Å². The first-order valence-electron chi connectivity index (χ1n) is 6.43. The highest BCUT2D eigenvalue weighted by Gasteiger charge is 2.29. The third-order valence-electron chi connectivity index (χ3n) is 3.46. The number of ether oxygens (including phenoxy) is 2. The molecule has 2 atom stereocenters. The van der Waals surface area contributed by atoms with Gasteiger partial charge in [0, 0.05) is 10.9 Å². The normalized spacial score (nSPS) is 22.8. The first-order chi connectivity index (χ1) is 9.24. The number of hydrogen-bond acceptors (Lipinski definition) is 4. The number of benzene rings is 1. The van der Waals surface area contributed by atoms with Gasteiger partial charge in [0.2, 0.25) is 0 Å². The number of nitrogens with one attached hydrogen (secondary N) is 1. The third-order valence-corrected chi connectivity index (χ3v) is 3.46. The van der Waals surface area contributed by atoms with Crippen molar-refractivity contribution in [3.63, 3.8) is 0 Å². The zero-order chi connectivity index (χ0) is 13.2. The fourth-order valence-electron chi connectivity index (χ4n) is 2.40. The Morgan fingerprint density at radius 2 is 2.47 bits per heavy atom. The van der Waals surface area contributed by atoms with Crippen LogP contribution in [-0.4, -0.2) is 28.9 Å². The van der Waals surface area contributed by atoms with Crippen LogP contribution in [0, 0.1) is 5.92 Å². The summed E-state index contributed by atoms with van der Waals surface area (Å²) < 4.78 is 10.8. The van der Waals surface area contributed by atoms with Crippen LogP contribution in [0.4, 0.5) is 0 Å². The molecule has 1 aliphatic heterocycles. The Labute approximate surface area is 110 Å². The fourth-order valence-corrected chi connectivity index (χ4v) is 2.40. The van der Waals surface area contributed by atoms with Crippen molar-refractivity contribution in [2.24, 2.45) is 5.92 Å². The van der Waals surface area contributed by atoms with Crippen LogP contribution in [0.3, 0.4) is 0 Å². The molecule has 5 heteroatoms.